The van der Waals surface area contributed by atoms with Crippen LogP contribution in [0.15, 0.2) is 28.7 Å². The molecule has 1 aromatic carbocycles. The Labute approximate surface area is 125 Å². The largest absolute Gasteiger partial charge is 0.309 e. The van der Waals surface area contributed by atoms with Crippen LogP contribution >= 0.6 is 38.9 Å². The van der Waals surface area contributed by atoms with Gasteiger partial charge in [0, 0.05) is 19.2 Å². The van der Waals surface area contributed by atoms with E-state index in [9.17, 15) is 0 Å². The molecule has 1 nitrogen and oxygen atoms in total. The second-order valence-electron chi connectivity index (χ2n) is 4.26. The lowest BCUT2D eigenvalue weighted by Crippen LogP contribution is -2.18. The summed E-state index contributed by atoms with van der Waals surface area (Å²) in [5.41, 5.74) is 2.42. The third-order valence-electron chi connectivity index (χ3n) is 2.95. The Morgan fingerprint density at radius 3 is 2.44 bits per heavy atom. The van der Waals surface area contributed by atoms with Crippen molar-refractivity contribution in [2.45, 2.75) is 19.9 Å². The molecule has 1 unspecified atom stereocenters. The Morgan fingerprint density at radius 1 is 1.22 bits per heavy atom. The van der Waals surface area contributed by atoms with Crippen LogP contribution in [0.1, 0.15) is 26.9 Å². The molecule has 96 valence electrons. The number of benzene rings is 1. The predicted octanol–water partition coefficient (Wildman–Crippen LogP) is 5.09. The molecule has 0 radical (unpaired) electrons. The molecule has 0 aliphatic carbocycles. The predicted molar refractivity (Wildman–Crippen MR) is 83.8 cm³/mol. The highest BCUT2D eigenvalue weighted by molar-refractivity contribution is 9.10. The van der Waals surface area contributed by atoms with Crippen molar-refractivity contribution in [3.05, 3.63) is 54.6 Å². The topological polar surface area (TPSA) is 12.0 Å². The molecule has 0 aliphatic rings. The minimum Gasteiger partial charge on any atom is -0.309 e. The lowest BCUT2D eigenvalue weighted by molar-refractivity contribution is 0.691. The average molecular weight is 345 g/mol. The summed E-state index contributed by atoms with van der Waals surface area (Å²) in [6.07, 6.45) is 0. The van der Waals surface area contributed by atoms with E-state index in [0.29, 0.717) is 0 Å². The molecule has 0 saturated carbocycles. The molecule has 2 aromatic rings. The van der Waals surface area contributed by atoms with Gasteiger partial charge in [0.15, 0.2) is 0 Å². The van der Waals surface area contributed by atoms with Gasteiger partial charge in [0.25, 0.3) is 0 Å². The van der Waals surface area contributed by atoms with Crippen LogP contribution in [-0.4, -0.2) is 7.05 Å². The van der Waals surface area contributed by atoms with Crippen molar-refractivity contribution in [2.75, 3.05) is 7.05 Å². The van der Waals surface area contributed by atoms with Crippen molar-refractivity contribution in [3.8, 4) is 0 Å². The van der Waals surface area contributed by atoms with Gasteiger partial charge in [0.1, 0.15) is 0 Å². The minimum atomic E-state index is 0.149. The molecule has 2 rings (SSSR count). The summed E-state index contributed by atoms with van der Waals surface area (Å²) in [5, 5.41) is 4.14. The SMILES string of the molecule is CNC(c1ccc(Br)cc1Cl)c1cc(C)sc1C. The molecule has 0 amide bonds. The first-order chi connectivity index (χ1) is 8.52. The quantitative estimate of drug-likeness (QED) is 0.818. The highest BCUT2D eigenvalue weighted by atomic mass is 79.9. The van der Waals surface area contributed by atoms with Gasteiger partial charge in [-0.05, 0) is 50.2 Å². The molecule has 1 aromatic heterocycles. The number of hydrogen-bond acceptors (Lipinski definition) is 2. The normalized spacial score (nSPS) is 12.7. The van der Waals surface area contributed by atoms with E-state index in [1.54, 1.807) is 0 Å². The first kappa shape index (κ1) is 14.1. The van der Waals surface area contributed by atoms with Crippen LogP contribution in [0.25, 0.3) is 0 Å². The molecule has 4 heteroatoms. The van der Waals surface area contributed by atoms with Crippen LogP contribution in [0.4, 0.5) is 0 Å². The van der Waals surface area contributed by atoms with Gasteiger partial charge < -0.3 is 5.32 Å². The van der Waals surface area contributed by atoms with E-state index >= 15 is 0 Å². The van der Waals surface area contributed by atoms with Crippen molar-refractivity contribution in [1.29, 1.82) is 0 Å². The summed E-state index contributed by atoms with van der Waals surface area (Å²) in [6.45, 7) is 4.29. The summed E-state index contributed by atoms with van der Waals surface area (Å²) in [6, 6.07) is 8.42. The van der Waals surface area contributed by atoms with Gasteiger partial charge >= 0.3 is 0 Å². The molecule has 0 bridgehead atoms. The van der Waals surface area contributed by atoms with E-state index in [0.717, 1.165) is 15.1 Å². The van der Waals surface area contributed by atoms with E-state index in [4.69, 9.17) is 11.6 Å². The van der Waals surface area contributed by atoms with Gasteiger partial charge in [-0.3, -0.25) is 0 Å². The zero-order valence-electron chi connectivity index (χ0n) is 10.6. The smallest absolute Gasteiger partial charge is 0.0600 e. The van der Waals surface area contributed by atoms with E-state index in [2.05, 4.69) is 47.2 Å². The molecule has 1 atom stereocenters. The first-order valence-electron chi connectivity index (χ1n) is 5.72. The molecule has 1 N–H and O–H groups in total. The van der Waals surface area contributed by atoms with Gasteiger partial charge in [0.2, 0.25) is 0 Å². The number of rotatable bonds is 3. The van der Waals surface area contributed by atoms with Gasteiger partial charge in [-0.15, -0.1) is 11.3 Å². The van der Waals surface area contributed by atoms with Gasteiger partial charge in [-0.1, -0.05) is 33.6 Å². The average Bonchev–Trinajstić information content (AvgIpc) is 2.62. The Kier molecular flexibility index (Phi) is 4.49. The van der Waals surface area contributed by atoms with Gasteiger partial charge in [-0.25, -0.2) is 0 Å². The maximum absolute atomic E-state index is 6.35. The molecule has 1 heterocycles. The van der Waals surface area contributed by atoms with Crippen LogP contribution in [0, 0.1) is 13.8 Å². The van der Waals surface area contributed by atoms with Crippen molar-refractivity contribution < 1.29 is 0 Å². The van der Waals surface area contributed by atoms with Gasteiger partial charge in [0.05, 0.1) is 6.04 Å². The lowest BCUT2D eigenvalue weighted by Gasteiger charge is -2.18. The van der Waals surface area contributed by atoms with Crippen molar-refractivity contribution in [1.82, 2.24) is 5.32 Å². The lowest BCUT2D eigenvalue weighted by atomic mass is 9.99. The molecular formula is C14H15BrClNS. The van der Waals surface area contributed by atoms with E-state index in [1.807, 2.05) is 30.5 Å². The van der Waals surface area contributed by atoms with E-state index in [-0.39, 0.29) is 6.04 Å². The number of nitrogens with one attached hydrogen (secondary N) is 1. The van der Waals surface area contributed by atoms with Crippen LogP contribution in [0.5, 0.6) is 0 Å². The molecule has 18 heavy (non-hydrogen) atoms. The molecule has 0 aliphatic heterocycles. The van der Waals surface area contributed by atoms with Crippen LogP contribution in [0.2, 0.25) is 5.02 Å². The molecular weight excluding hydrogens is 330 g/mol. The van der Waals surface area contributed by atoms with Crippen molar-refractivity contribution in [3.63, 3.8) is 0 Å². The van der Waals surface area contributed by atoms with Crippen LogP contribution in [0.3, 0.4) is 0 Å². The monoisotopic (exact) mass is 343 g/mol. The van der Waals surface area contributed by atoms with Crippen molar-refractivity contribution >= 4 is 38.9 Å². The third-order valence-corrected chi connectivity index (χ3v) is 4.75. The number of halogens is 2. The zero-order valence-corrected chi connectivity index (χ0v) is 13.7. The summed E-state index contributed by atoms with van der Waals surface area (Å²) in [4.78, 5) is 2.67. The van der Waals surface area contributed by atoms with E-state index < -0.39 is 0 Å². The third kappa shape index (κ3) is 2.80. The van der Waals surface area contributed by atoms with E-state index in [1.165, 1.54) is 15.3 Å². The highest BCUT2D eigenvalue weighted by Crippen LogP contribution is 2.34. The maximum Gasteiger partial charge on any atom is 0.0600 e. The van der Waals surface area contributed by atoms with Crippen molar-refractivity contribution in [2.24, 2.45) is 0 Å². The highest BCUT2D eigenvalue weighted by Gasteiger charge is 2.18. The molecule has 0 fully saturated rings. The standard InChI is InChI=1S/C14H15BrClNS/c1-8-6-12(9(2)18-8)14(17-3)11-5-4-10(15)7-13(11)16/h4-7,14,17H,1-3H3. The Morgan fingerprint density at radius 2 is 1.94 bits per heavy atom. The van der Waals surface area contributed by atoms with Crippen LogP contribution < -0.4 is 5.32 Å². The Balaban J connectivity index is 2.48. The van der Waals surface area contributed by atoms with Gasteiger partial charge in [-0.2, -0.15) is 0 Å². The summed E-state index contributed by atoms with van der Waals surface area (Å²) >= 11 is 11.6. The fraction of sp³-hybridized carbons (Fsp3) is 0.286. The second kappa shape index (κ2) is 5.74. The summed E-state index contributed by atoms with van der Waals surface area (Å²) in [5.74, 6) is 0. The zero-order chi connectivity index (χ0) is 13.3. The Bertz CT molecular complexity index is 565. The summed E-state index contributed by atoms with van der Waals surface area (Å²) in [7, 11) is 1.97. The fourth-order valence-electron chi connectivity index (χ4n) is 2.15. The second-order valence-corrected chi connectivity index (χ2v) is 7.04. The Hall–Kier alpha value is -0.350. The van der Waals surface area contributed by atoms with Crippen LogP contribution in [-0.2, 0) is 0 Å². The maximum atomic E-state index is 6.35. The number of thiophene rings is 1. The molecule has 0 saturated heterocycles. The fourth-order valence-corrected chi connectivity index (χ4v) is 3.90. The molecule has 0 spiro atoms. The number of aryl methyl sites for hydroxylation is 2. The summed E-state index contributed by atoms with van der Waals surface area (Å²) < 4.78 is 1.00. The minimum absolute atomic E-state index is 0.149. The number of hydrogen-bond donors (Lipinski definition) is 1. The first-order valence-corrected chi connectivity index (χ1v) is 7.71.